The Morgan fingerprint density at radius 1 is 1.18 bits per heavy atom. The number of hydrogen-bond donors (Lipinski definition) is 0. The topological polar surface area (TPSA) is 70.7 Å². The molecule has 0 unspecified atom stereocenters. The normalized spacial score (nSPS) is 15.7. The van der Waals surface area contributed by atoms with Gasteiger partial charge in [0.2, 0.25) is 0 Å². The van der Waals surface area contributed by atoms with Crippen molar-refractivity contribution < 1.29 is 9.13 Å². The number of imidazole rings is 1. The smallest absolute Gasteiger partial charge is 0.180 e. The molecule has 168 valence electrons. The van der Waals surface area contributed by atoms with Gasteiger partial charge in [0.15, 0.2) is 17.4 Å². The molecule has 1 atom stereocenters. The van der Waals surface area contributed by atoms with Gasteiger partial charge in [-0.05, 0) is 67.7 Å². The summed E-state index contributed by atoms with van der Waals surface area (Å²) in [6, 6.07) is 7.18. The number of nitrogens with zero attached hydrogens (tertiary/aromatic N) is 6. The number of ether oxygens (including phenoxy) is 1. The summed E-state index contributed by atoms with van der Waals surface area (Å²) in [5.41, 5.74) is 3.45. The Hall–Kier alpha value is -3.81. The molecule has 4 heterocycles. The first-order valence-corrected chi connectivity index (χ1v) is 11.0. The van der Waals surface area contributed by atoms with Gasteiger partial charge in [0.1, 0.15) is 18.0 Å². The third-order valence-electron chi connectivity index (χ3n) is 6.03. The van der Waals surface area contributed by atoms with Gasteiger partial charge >= 0.3 is 0 Å². The predicted octanol–water partition coefficient (Wildman–Crippen LogP) is 4.72. The number of hydrogen-bond acceptors (Lipinski definition) is 5. The van der Waals surface area contributed by atoms with Crippen LogP contribution in [0, 0.1) is 19.7 Å². The summed E-state index contributed by atoms with van der Waals surface area (Å²) in [4.78, 5) is 13.6. The average molecular weight is 445 g/mol. The molecule has 4 aromatic rings. The molecule has 33 heavy (non-hydrogen) atoms. The number of benzene rings is 1. The third kappa shape index (κ3) is 4.04. The molecule has 1 aromatic carbocycles. The molecule has 1 aliphatic rings. The van der Waals surface area contributed by atoms with Crippen LogP contribution < -0.4 is 4.74 Å². The first-order chi connectivity index (χ1) is 16.0. The molecule has 0 N–H and O–H groups in total. The lowest BCUT2D eigenvalue weighted by atomic mass is 9.88. The lowest BCUT2D eigenvalue weighted by molar-refractivity contribution is 0.410. The van der Waals surface area contributed by atoms with Crippen molar-refractivity contribution in [3.63, 3.8) is 0 Å². The van der Waals surface area contributed by atoms with Gasteiger partial charge in [0.05, 0.1) is 12.8 Å². The van der Waals surface area contributed by atoms with Crippen LogP contribution in [0.4, 0.5) is 4.39 Å². The van der Waals surface area contributed by atoms with Crippen LogP contribution in [-0.4, -0.2) is 36.4 Å². The maximum atomic E-state index is 14.1. The van der Waals surface area contributed by atoms with Gasteiger partial charge in [-0.3, -0.25) is 4.57 Å². The van der Waals surface area contributed by atoms with Crippen LogP contribution in [0.1, 0.15) is 52.8 Å². The first kappa shape index (κ1) is 21.1. The minimum absolute atomic E-state index is 0.0452. The van der Waals surface area contributed by atoms with Crippen LogP contribution in [0.5, 0.6) is 5.75 Å². The van der Waals surface area contributed by atoms with E-state index in [0.717, 1.165) is 42.0 Å². The molecule has 0 bridgehead atoms. The van der Waals surface area contributed by atoms with E-state index in [0.29, 0.717) is 23.0 Å². The molecular weight excluding hydrogens is 419 g/mol. The summed E-state index contributed by atoms with van der Waals surface area (Å²) in [7, 11) is 1.62. The highest BCUT2D eigenvalue weighted by Gasteiger charge is 2.27. The molecule has 0 fully saturated rings. The van der Waals surface area contributed by atoms with Gasteiger partial charge in [0.25, 0.3) is 0 Å². The number of halogens is 1. The molecule has 0 amide bonds. The maximum absolute atomic E-state index is 14.1. The average Bonchev–Trinajstić information content (AvgIpc) is 3.45. The number of aromatic nitrogens is 6. The molecule has 0 aliphatic carbocycles. The van der Waals surface area contributed by atoms with E-state index >= 15 is 0 Å². The summed E-state index contributed by atoms with van der Waals surface area (Å²) >= 11 is 0. The van der Waals surface area contributed by atoms with Gasteiger partial charge in [-0.25, -0.2) is 24.0 Å². The van der Waals surface area contributed by atoms with Gasteiger partial charge < -0.3 is 4.74 Å². The minimum Gasteiger partial charge on any atom is -0.493 e. The summed E-state index contributed by atoms with van der Waals surface area (Å²) in [6.45, 7) is 4.57. The number of methoxy groups -OCH3 is 1. The van der Waals surface area contributed by atoms with E-state index in [-0.39, 0.29) is 11.7 Å². The molecule has 1 aliphatic heterocycles. The fourth-order valence-electron chi connectivity index (χ4n) is 4.33. The van der Waals surface area contributed by atoms with Crippen molar-refractivity contribution in [2.45, 2.75) is 39.2 Å². The monoisotopic (exact) mass is 444 g/mol. The molecule has 5 rings (SSSR count). The fraction of sp³-hybridized carbons (Fsp3) is 0.280. The summed E-state index contributed by atoms with van der Waals surface area (Å²) in [5.74, 6) is 2.70. The molecule has 3 aromatic heterocycles. The largest absolute Gasteiger partial charge is 0.493 e. The number of pyridine rings is 1. The van der Waals surface area contributed by atoms with Gasteiger partial charge in [-0.1, -0.05) is 12.1 Å². The Kier molecular flexibility index (Phi) is 5.50. The SMILES string of the molecule is COc1cc(/C=C/c2nc3n(n2)CCC[C@@H]3c2cccc(F)c2C)cnc1-n1cnc(C)c1. The molecule has 8 heteroatoms. The number of aryl methyl sites for hydroxylation is 2. The van der Waals surface area contributed by atoms with Crippen LogP contribution in [0.2, 0.25) is 0 Å². The van der Waals surface area contributed by atoms with E-state index in [4.69, 9.17) is 9.72 Å². The second-order valence-corrected chi connectivity index (χ2v) is 8.25. The van der Waals surface area contributed by atoms with E-state index in [1.54, 1.807) is 25.7 Å². The number of fused-ring (bicyclic) bond motifs is 1. The Bertz CT molecular complexity index is 1340. The third-order valence-corrected chi connectivity index (χ3v) is 6.03. The molecule has 0 spiro atoms. The van der Waals surface area contributed by atoms with E-state index in [1.165, 1.54) is 6.07 Å². The molecule has 0 radical (unpaired) electrons. The van der Waals surface area contributed by atoms with Crippen LogP contribution >= 0.6 is 0 Å². The Morgan fingerprint density at radius 2 is 2.06 bits per heavy atom. The van der Waals surface area contributed by atoms with E-state index < -0.39 is 0 Å². The minimum atomic E-state index is -0.181. The van der Waals surface area contributed by atoms with E-state index in [9.17, 15) is 4.39 Å². The summed E-state index contributed by atoms with van der Waals surface area (Å²) < 4.78 is 23.5. The highest BCUT2D eigenvalue weighted by molar-refractivity contribution is 5.67. The molecule has 0 saturated heterocycles. The summed E-state index contributed by atoms with van der Waals surface area (Å²) in [5, 5.41) is 4.67. The van der Waals surface area contributed by atoms with E-state index in [2.05, 4.69) is 15.1 Å². The summed E-state index contributed by atoms with van der Waals surface area (Å²) in [6.07, 6.45) is 11.1. The van der Waals surface area contributed by atoms with Crippen molar-refractivity contribution in [2.75, 3.05) is 7.11 Å². The van der Waals surface area contributed by atoms with Crippen molar-refractivity contribution in [1.29, 1.82) is 0 Å². The van der Waals surface area contributed by atoms with Crippen LogP contribution in [0.3, 0.4) is 0 Å². The fourth-order valence-corrected chi connectivity index (χ4v) is 4.33. The highest BCUT2D eigenvalue weighted by Crippen LogP contribution is 2.34. The van der Waals surface area contributed by atoms with Crippen LogP contribution in [0.25, 0.3) is 18.0 Å². The Balaban J connectivity index is 1.42. The quantitative estimate of drug-likeness (QED) is 0.446. The zero-order valence-electron chi connectivity index (χ0n) is 18.9. The van der Waals surface area contributed by atoms with Crippen LogP contribution in [-0.2, 0) is 6.54 Å². The zero-order valence-corrected chi connectivity index (χ0v) is 18.9. The molecule has 7 nitrogen and oxygen atoms in total. The molecular formula is C25H25FN6O. The van der Waals surface area contributed by atoms with Crippen molar-refractivity contribution in [2.24, 2.45) is 0 Å². The second kappa shape index (κ2) is 8.61. The van der Waals surface area contributed by atoms with Crippen LogP contribution in [0.15, 0.2) is 43.0 Å². The first-order valence-electron chi connectivity index (χ1n) is 11.0. The zero-order chi connectivity index (χ0) is 22.9. The van der Waals surface area contributed by atoms with E-state index in [1.807, 2.05) is 53.6 Å². The standard InChI is InChI=1S/C25H25FN6O/c1-16-14-31(15-28-16)25-22(33-3)12-18(13-27-25)9-10-23-29-24-20(7-5-11-32(24)30-23)19-6-4-8-21(26)17(19)2/h4,6,8-10,12-15,20H,5,7,11H2,1-3H3/b10-9+/t20-/m1/s1. The predicted molar refractivity (Wildman–Crippen MR) is 124 cm³/mol. The molecule has 0 saturated carbocycles. The Labute approximate surface area is 191 Å². The lowest BCUT2D eigenvalue weighted by Gasteiger charge is -2.23. The van der Waals surface area contributed by atoms with Gasteiger partial charge in [-0.15, -0.1) is 0 Å². The second-order valence-electron chi connectivity index (χ2n) is 8.25. The number of rotatable bonds is 5. The van der Waals surface area contributed by atoms with Crippen molar-refractivity contribution in [1.82, 2.24) is 29.3 Å². The van der Waals surface area contributed by atoms with Gasteiger partial charge in [0, 0.05) is 24.9 Å². The highest BCUT2D eigenvalue weighted by atomic mass is 19.1. The maximum Gasteiger partial charge on any atom is 0.180 e. The van der Waals surface area contributed by atoms with Crippen molar-refractivity contribution >= 4 is 12.2 Å². The lowest BCUT2D eigenvalue weighted by Crippen LogP contribution is -2.18. The van der Waals surface area contributed by atoms with Gasteiger partial charge in [-0.2, -0.15) is 5.10 Å². The van der Waals surface area contributed by atoms with Crippen molar-refractivity contribution in [3.8, 4) is 11.6 Å². The van der Waals surface area contributed by atoms with Crippen molar-refractivity contribution in [3.05, 3.63) is 82.8 Å². The Morgan fingerprint density at radius 3 is 2.85 bits per heavy atom.